The second-order valence-electron chi connectivity index (χ2n) is 7.06. The van der Waals surface area contributed by atoms with Gasteiger partial charge in [-0.1, -0.05) is 42.5 Å². The number of carbonyl (C=O) groups excluding carboxylic acids is 1. The van der Waals surface area contributed by atoms with Crippen LogP contribution in [0.4, 0.5) is 10.5 Å². The number of nitrogens with zero attached hydrogens (tertiary/aromatic N) is 1. The Hall–Kier alpha value is -3.67. The van der Waals surface area contributed by atoms with Gasteiger partial charge in [0, 0.05) is 12.6 Å². The summed E-state index contributed by atoms with van der Waals surface area (Å²) in [6.45, 7) is 2.45. The van der Waals surface area contributed by atoms with Gasteiger partial charge in [-0.15, -0.1) is 0 Å². The fourth-order valence-corrected chi connectivity index (χ4v) is 3.31. The molecule has 3 aromatic carbocycles. The molecule has 6 nitrogen and oxygen atoms in total. The number of hydrogen-bond donors (Lipinski definition) is 1. The van der Waals surface area contributed by atoms with E-state index in [1.54, 1.807) is 44.4 Å². The molecule has 3 aromatic rings. The molecule has 1 N–H and O–H groups in total. The normalized spacial score (nSPS) is 11.4. The van der Waals surface area contributed by atoms with Crippen LogP contribution < -0.4 is 19.5 Å². The number of anilines is 1. The van der Waals surface area contributed by atoms with Gasteiger partial charge in [0.25, 0.3) is 0 Å². The molecule has 0 spiro atoms. The van der Waals surface area contributed by atoms with Gasteiger partial charge >= 0.3 is 6.03 Å². The topological polar surface area (TPSA) is 60.0 Å². The van der Waals surface area contributed by atoms with Gasteiger partial charge in [0.05, 0.1) is 33.1 Å². The Balaban J connectivity index is 1.88. The van der Waals surface area contributed by atoms with Crippen molar-refractivity contribution in [2.75, 3.05) is 26.6 Å². The Kier molecular flexibility index (Phi) is 7.38. The molecule has 1 unspecified atom stereocenters. The lowest BCUT2D eigenvalue weighted by Crippen LogP contribution is -2.36. The van der Waals surface area contributed by atoms with E-state index in [2.05, 4.69) is 5.32 Å². The van der Waals surface area contributed by atoms with Crippen molar-refractivity contribution in [2.45, 2.75) is 19.5 Å². The largest absolute Gasteiger partial charge is 0.497 e. The molecular weight excluding hydrogens is 392 g/mol. The highest BCUT2D eigenvalue weighted by Crippen LogP contribution is 2.31. The van der Waals surface area contributed by atoms with Crippen LogP contribution in [0.3, 0.4) is 0 Å². The molecule has 31 heavy (non-hydrogen) atoms. The van der Waals surface area contributed by atoms with Crippen LogP contribution in [0.2, 0.25) is 0 Å². The van der Waals surface area contributed by atoms with Gasteiger partial charge in [0.15, 0.2) is 0 Å². The summed E-state index contributed by atoms with van der Waals surface area (Å²) >= 11 is 0. The van der Waals surface area contributed by atoms with Crippen LogP contribution in [0.1, 0.15) is 24.1 Å². The minimum atomic E-state index is -0.226. The molecule has 0 aliphatic rings. The highest BCUT2D eigenvalue weighted by Gasteiger charge is 2.23. The molecule has 6 heteroatoms. The summed E-state index contributed by atoms with van der Waals surface area (Å²) in [5.74, 6) is 1.96. The number of nitrogens with one attached hydrogen (secondary N) is 1. The summed E-state index contributed by atoms with van der Waals surface area (Å²) in [4.78, 5) is 15.2. The number of benzene rings is 3. The van der Waals surface area contributed by atoms with Crippen LogP contribution in [0.25, 0.3) is 0 Å². The summed E-state index contributed by atoms with van der Waals surface area (Å²) in [6.07, 6.45) is 0. The van der Waals surface area contributed by atoms with Crippen LogP contribution in [-0.2, 0) is 6.54 Å². The minimum absolute atomic E-state index is 0.146. The van der Waals surface area contributed by atoms with Crippen molar-refractivity contribution in [3.8, 4) is 17.2 Å². The van der Waals surface area contributed by atoms with Gasteiger partial charge in [0.1, 0.15) is 17.2 Å². The van der Waals surface area contributed by atoms with Crippen molar-refractivity contribution < 1.29 is 19.0 Å². The molecule has 0 aliphatic carbocycles. The highest BCUT2D eigenvalue weighted by molar-refractivity contribution is 5.91. The van der Waals surface area contributed by atoms with Gasteiger partial charge in [-0.05, 0) is 42.3 Å². The van der Waals surface area contributed by atoms with Crippen molar-refractivity contribution in [2.24, 2.45) is 0 Å². The molecule has 0 aromatic heterocycles. The third kappa shape index (κ3) is 5.48. The quantitative estimate of drug-likeness (QED) is 0.522. The third-order valence-electron chi connectivity index (χ3n) is 5.17. The summed E-state index contributed by atoms with van der Waals surface area (Å²) in [7, 11) is 4.78. The lowest BCUT2D eigenvalue weighted by atomic mass is 10.1. The number of amides is 2. The maximum atomic E-state index is 13.4. The monoisotopic (exact) mass is 420 g/mol. The van der Waals surface area contributed by atoms with Gasteiger partial charge < -0.3 is 24.4 Å². The number of rotatable bonds is 8. The number of ether oxygens (including phenoxy) is 3. The molecular formula is C25H28N2O4. The van der Waals surface area contributed by atoms with E-state index in [0.29, 0.717) is 23.7 Å². The van der Waals surface area contributed by atoms with Crippen LogP contribution in [0, 0.1) is 0 Å². The van der Waals surface area contributed by atoms with Crippen molar-refractivity contribution in [1.82, 2.24) is 4.90 Å². The van der Waals surface area contributed by atoms with E-state index < -0.39 is 0 Å². The van der Waals surface area contributed by atoms with Gasteiger partial charge in [-0.3, -0.25) is 0 Å². The molecule has 0 saturated carbocycles. The highest BCUT2D eigenvalue weighted by atomic mass is 16.5. The Bertz CT molecular complexity index is 990. The van der Waals surface area contributed by atoms with Crippen LogP contribution in [-0.4, -0.2) is 32.3 Å². The SMILES string of the molecule is COc1ccc(CN(C(=O)Nc2ccc(OC)cc2OC)C(C)c2ccccc2)cc1. The zero-order valence-corrected chi connectivity index (χ0v) is 18.3. The van der Waals surface area contributed by atoms with Gasteiger partial charge in [-0.25, -0.2) is 4.79 Å². The predicted octanol–water partition coefficient (Wildman–Crippen LogP) is 5.51. The second-order valence-corrected chi connectivity index (χ2v) is 7.06. The fourth-order valence-electron chi connectivity index (χ4n) is 3.31. The van der Waals surface area contributed by atoms with E-state index in [0.717, 1.165) is 16.9 Å². The molecule has 0 aliphatic heterocycles. The Morgan fingerprint density at radius 1 is 0.871 bits per heavy atom. The average Bonchev–Trinajstić information content (AvgIpc) is 2.83. The zero-order chi connectivity index (χ0) is 22.2. The predicted molar refractivity (Wildman–Crippen MR) is 122 cm³/mol. The van der Waals surface area contributed by atoms with E-state index in [-0.39, 0.29) is 12.1 Å². The van der Waals surface area contributed by atoms with Crippen molar-refractivity contribution in [1.29, 1.82) is 0 Å². The van der Waals surface area contributed by atoms with Crippen molar-refractivity contribution in [3.05, 3.63) is 83.9 Å². The molecule has 0 radical (unpaired) electrons. The summed E-state index contributed by atoms with van der Waals surface area (Å²) in [6, 6.07) is 22.6. The van der Waals surface area contributed by atoms with Gasteiger partial charge in [0.2, 0.25) is 0 Å². The summed E-state index contributed by atoms with van der Waals surface area (Å²) in [5.41, 5.74) is 2.63. The fraction of sp³-hybridized carbons (Fsp3) is 0.240. The average molecular weight is 421 g/mol. The first-order valence-electron chi connectivity index (χ1n) is 10.0. The number of carbonyl (C=O) groups is 1. The first-order valence-corrected chi connectivity index (χ1v) is 10.0. The molecule has 0 saturated heterocycles. The standard InChI is InChI=1S/C25H28N2O4/c1-18(20-8-6-5-7-9-20)27(17-19-10-12-21(29-2)13-11-19)25(28)26-23-15-14-22(30-3)16-24(23)31-4/h5-16,18H,17H2,1-4H3,(H,26,28). The smallest absolute Gasteiger partial charge is 0.322 e. The number of urea groups is 1. The first kappa shape index (κ1) is 22.0. The lowest BCUT2D eigenvalue weighted by Gasteiger charge is -2.30. The van der Waals surface area contributed by atoms with E-state index in [1.807, 2.05) is 61.5 Å². The van der Waals surface area contributed by atoms with Crippen LogP contribution >= 0.6 is 0 Å². The number of hydrogen-bond acceptors (Lipinski definition) is 4. The third-order valence-corrected chi connectivity index (χ3v) is 5.17. The van der Waals surface area contributed by atoms with Crippen LogP contribution in [0.15, 0.2) is 72.8 Å². The molecule has 0 bridgehead atoms. The Labute approximate surface area is 183 Å². The maximum absolute atomic E-state index is 13.4. The van der Waals surface area contributed by atoms with E-state index in [4.69, 9.17) is 14.2 Å². The first-order chi connectivity index (χ1) is 15.0. The van der Waals surface area contributed by atoms with E-state index >= 15 is 0 Å². The van der Waals surface area contributed by atoms with E-state index in [1.165, 1.54) is 0 Å². The molecule has 2 amide bonds. The second kappa shape index (κ2) is 10.4. The molecule has 1 atom stereocenters. The lowest BCUT2D eigenvalue weighted by molar-refractivity contribution is 0.189. The zero-order valence-electron chi connectivity index (χ0n) is 18.3. The summed E-state index contributed by atoms with van der Waals surface area (Å²) < 4.78 is 15.9. The Morgan fingerprint density at radius 2 is 1.52 bits per heavy atom. The molecule has 162 valence electrons. The van der Waals surface area contributed by atoms with Gasteiger partial charge in [-0.2, -0.15) is 0 Å². The minimum Gasteiger partial charge on any atom is -0.497 e. The molecule has 0 fully saturated rings. The number of methoxy groups -OCH3 is 3. The maximum Gasteiger partial charge on any atom is 0.322 e. The van der Waals surface area contributed by atoms with E-state index in [9.17, 15) is 4.79 Å². The van der Waals surface area contributed by atoms with Crippen LogP contribution in [0.5, 0.6) is 17.2 Å². The Morgan fingerprint density at radius 3 is 2.13 bits per heavy atom. The van der Waals surface area contributed by atoms with Crippen molar-refractivity contribution in [3.63, 3.8) is 0 Å². The molecule has 3 rings (SSSR count). The summed E-state index contributed by atoms with van der Waals surface area (Å²) in [5, 5.41) is 2.99. The van der Waals surface area contributed by atoms with Crippen molar-refractivity contribution >= 4 is 11.7 Å². The molecule has 0 heterocycles.